The van der Waals surface area contributed by atoms with E-state index < -0.39 is 0 Å². The maximum atomic E-state index is 4.51. The SMILES string of the molecule is C1=NC=C2C1=CN=C2c1csc2ccccc12. The van der Waals surface area contributed by atoms with Gasteiger partial charge in [-0.25, -0.2) is 0 Å². The Morgan fingerprint density at radius 1 is 1.06 bits per heavy atom. The van der Waals surface area contributed by atoms with E-state index in [0.717, 1.165) is 16.9 Å². The highest BCUT2D eigenvalue weighted by molar-refractivity contribution is 7.17. The van der Waals surface area contributed by atoms with Crippen molar-refractivity contribution in [1.82, 2.24) is 0 Å². The molecule has 0 radical (unpaired) electrons. The van der Waals surface area contributed by atoms with Crippen LogP contribution in [0.4, 0.5) is 0 Å². The molecule has 80 valence electrons. The van der Waals surface area contributed by atoms with Crippen LogP contribution >= 0.6 is 11.3 Å². The van der Waals surface area contributed by atoms with Crippen LogP contribution in [0.2, 0.25) is 0 Å². The smallest absolute Gasteiger partial charge is 0.0811 e. The zero-order chi connectivity index (χ0) is 11.2. The van der Waals surface area contributed by atoms with Gasteiger partial charge in [0.15, 0.2) is 0 Å². The van der Waals surface area contributed by atoms with Gasteiger partial charge in [-0.2, -0.15) is 0 Å². The van der Waals surface area contributed by atoms with Gasteiger partial charge in [0, 0.05) is 50.8 Å². The van der Waals surface area contributed by atoms with E-state index in [2.05, 4.69) is 39.6 Å². The molecular formula is C14H8N2S. The summed E-state index contributed by atoms with van der Waals surface area (Å²) in [4.78, 5) is 8.69. The van der Waals surface area contributed by atoms with Crippen LogP contribution in [0.1, 0.15) is 5.56 Å². The first-order valence-electron chi connectivity index (χ1n) is 5.42. The van der Waals surface area contributed by atoms with E-state index in [4.69, 9.17) is 0 Å². The van der Waals surface area contributed by atoms with E-state index in [9.17, 15) is 0 Å². The molecule has 2 nitrogen and oxygen atoms in total. The van der Waals surface area contributed by atoms with E-state index in [1.807, 2.05) is 18.6 Å². The van der Waals surface area contributed by atoms with Crippen molar-refractivity contribution in [3.63, 3.8) is 0 Å². The Kier molecular flexibility index (Phi) is 1.73. The monoisotopic (exact) mass is 236 g/mol. The first-order chi connectivity index (χ1) is 8.43. The summed E-state index contributed by atoms with van der Waals surface area (Å²) in [6.45, 7) is 0. The lowest BCUT2D eigenvalue weighted by molar-refractivity contribution is 1.58. The topological polar surface area (TPSA) is 24.7 Å². The highest BCUT2D eigenvalue weighted by Gasteiger charge is 2.22. The Hall–Kier alpha value is -2.00. The number of hydrogen-bond acceptors (Lipinski definition) is 3. The van der Waals surface area contributed by atoms with Crippen LogP contribution in [-0.2, 0) is 0 Å². The Bertz CT molecular complexity index is 744. The second-order valence-electron chi connectivity index (χ2n) is 4.03. The van der Waals surface area contributed by atoms with Crippen molar-refractivity contribution in [1.29, 1.82) is 0 Å². The van der Waals surface area contributed by atoms with E-state index in [0.29, 0.717) is 0 Å². The van der Waals surface area contributed by atoms with Crippen LogP contribution in [0.25, 0.3) is 10.1 Å². The van der Waals surface area contributed by atoms with Gasteiger partial charge in [0.1, 0.15) is 0 Å². The van der Waals surface area contributed by atoms with E-state index >= 15 is 0 Å². The minimum atomic E-state index is 1.05. The molecule has 2 aliphatic heterocycles. The van der Waals surface area contributed by atoms with E-state index in [-0.39, 0.29) is 0 Å². The summed E-state index contributed by atoms with van der Waals surface area (Å²) in [5, 5.41) is 3.46. The molecule has 0 spiro atoms. The molecule has 0 bridgehead atoms. The van der Waals surface area contributed by atoms with Crippen molar-refractivity contribution >= 4 is 33.3 Å². The molecule has 0 aliphatic carbocycles. The average molecular weight is 236 g/mol. The molecule has 17 heavy (non-hydrogen) atoms. The number of nitrogens with zero attached hydrogens (tertiary/aromatic N) is 2. The van der Waals surface area contributed by atoms with Gasteiger partial charge in [-0.15, -0.1) is 11.3 Å². The van der Waals surface area contributed by atoms with Crippen molar-refractivity contribution in [3.8, 4) is 0 Å². The van der Waals surface area contributed by atoms with Gasteiger partial charge in [0.25, 0.3) is 0 Å². The van der Waals surface area contributed by atoms with Crippen molar-refractivity contribution in [2.45, 2.75) is 0 Å². The van der Waals surface area contributed by atoms with Crippen molar-refractivity contribution in [2.24, 2.45) is 9.98 Å². The molecule has 0 fully saturated rings. The number of hydrogen-bond donors (Lipinski definition) is 0. The summed E-state index contributed by atoms with van der Waals surface area (Å²) in [5.74, 6) is 0. The van der Waals surface area contributed by atoms with Crippen LogP contribution in [0.5, 0.6) is 0 Å². The zero-order valence-electron chi connectivity index (χ0n) is 8.92. The van der Waals surface area contributed by atoms with Gasteiger partial charge in [-0.1, -0.05) is 18.2 Å². The summed E-state index contributed by atoms with van der Waals surface area (Å²) < 4.78 is 1.30. The van der Waals surface area contributed by atoms with Gasteiger partial charge in [-0.3, -0.25) is 9.98 Å². The molecule has 1 aromatic heterocycles. The molecule has 0 saturated heterocycles. The lowest BCUT2D eigenvalue weighted by Gasteiger charge is -2.01. The summed E-state index contributed by atoms with van der Waals surface area (Å²) in [5.41, 5.74) is 4.53. The molecule has 0 N–H and O–H groups in total. The van der Waals surface area contributed by atoms with Gasteiger partial charge in [0.2, 0.25) is 0 Å². The lowest BCUT2D eigenvalue weighted by atomic mass is 10.0. The Morgan fingerprint density at radius 3 is 3.00 bits per heavy atom. The minimum absolute atomic E-state index is 1.05. The first kappa shape index (κ1) is 9.07. The highest BCUT2D eigenvalue weighted by Crippen LogP contribution is 2.32. The molecule has 3 heterocycles. The van der Waals surface area contributed by atoms with Gasteiger partial charge in [0.05, 0.1) is 5.71 Å². The van der Waals surface area contributed by atoms with Crippen LogP contribution in [0.15, 0.2) is 63.2 Å². The first-order valence-corrected chi connectivity index (χ1v) is 6.30. The average Bonchev–Trinajstić information content (AvgIpc) is 3.02. The maximum Gasteiger partial charge on any atom is 0.0811 e. The standard InChI is InChI=1S/C14H8N2S/c1-2-4-13-10(3-1)12(8-17-13)14-11-7-15-5-9(11)6-16-14/h1-8H. The normalized spacial score (nSPS) is 17.1. The fourth-order valence-electron chi connectivity index (χ4n) is 2.22. The predicted molar refractivity (Wildman–Crippen MR) is 73.0 cm³/mol. The third-order valence-corrected chi connectivity index (χ3v) is 4.02. The molecule has 0 unspecified atom stereocenters. The zero-order valence-corrected chi connectivity index (χ0v) is 9.74. The molecule has 1 aromatic carbocycles. The second kappa shape index (κ2) is 3.25. The van der Waals surface area contributed by atoms with Gasteiger partial charge >= 0.3 is 0 Å². The number of allylic oxidation sites excluding steroid dienone is 2. The Labute approximate surface area is 102 Å². The maximum absolute atomic E-state index is 4.51. The van der Waals surface area contributed by atoms with Crippen molar-refractivity contribution < 1.29 is 0 Å². The fraction of sp³-hybridized carbons (Fsp3) is 0. The molecule has 2 aromatic rings. The van der Waals surface area contributed by atoms with Crippen molar-refractivity contribution in [2.75, 3.05) is 0 Å². The molecule has 0 amide bonds. The predicted octanol–water partition coefficient (Wildman–Crippen LogP) is 3.56. The molecule has 0 atom stereocenters. The van der Waals surface area contributed by atoms with Gasteiger partial charge in [-0.05, 0) is 6.07 Å². The summed E-state index contributed by atoms with van der Waals surface area (Å²) in [6, 6.07) is 8.44. The highest BCUT2D eigenvalue weighted by atomic mass is 32.1. The molecule has 0 saturated carbocycles. The van der Waals surface area contributed by atoms with Gasteiger partial charge < -0.3 is 0 Å². The third kappa shape index (κ3) is 1.20. The number of thiophene rings is 1. The molecule has 3 heteroatoms. The Balaban J connectivity index is 1.92. The number of fused-ring (bicyclic) bond motifs is 2. The Morgan fingerprint density at radius 2 is 2.00 bits per heavy atom. The number of aliphatic imine (C=N–C) groups is 2. The van der Waals surface area contributed by atoms with Crippen LogP contribution in [-0.4, -0.2) is 11.9 Å². The number of benzene rings is 1. The molecule has 2 aliphatic rings. The summed E-state index contributed by atoms with van der Waals surface area (Å²) in [6.07, 6.45) is 5.65. The quantitative estimate of drug-likeness (QED) is 0.723. The molecule has 4 rings (SSSR count). The van der Waals surface area contributed by atoms with Crippen LogP contribution in [0.3, 0.4) is 0 Å². The molecular weight excluding hydrogens is 228 g/mol. The minimum Gasteiger partial charge on any atom is -0.263 e. The lowest BCUT2D eigenvalue weighted by Crippen LogP contribution is -2.00. The fourth-order valence-corrected chi connectivity index (χ4v) is 3.16. The van der Waals surface area contributed by atoms with Crippen molar-refractivity contribution in [3.05, 3.63) is 58.8 Å². The van der Waals surface area contributed by atoms with E-state index in [1.165, 1.54) is 15.6 Å². The number of rotatable bonds is 1. The van der Waals surface area contributed by atoms with E-state index in [1.54, 1.807) is 11.3 Å². The summed E-state index contributed by atoms with van der Waals surface area (Å²) in [7, 11) is 0. The van der Waals surface area contributed by atoms with Crippen LogP contribution in [0, 0.1) is 0 Å². The third-order valence-electron chi connectivity index (χ3n) is 3.05. The van der Waals surface area contributed by atoms with Crippen LogP contribution < -0.4 is 0 Å². The second-order valence-corrected chi connectivity index (χ2v) is 4.94. The largest absolute Gasteiger partial charge is 0.263 e. The summed E-state index contributed by atoms with van der Waals surface area (Å²) >= 11 is 1.76.